The second kappa shape index (κ2) is 30.5. The first-order chi connectivity index (χ1) is 16.2. The fraction of sp³-hybridized carbons (Fsp3) is 1.00. The largest absolute Gasteiger partial charge is 0.870 e. The van der Waals surface area contributed by atoms with E-state index in [0.29, 0.717) is 6.61 Å². The molecule has 0 bridgehead atoms. The lowest BCUT2D eigenvalue weighted by molar-refractivity contribution is -0.873. The molecule has 2 unspecified atom stereocenters. The maximum atomic E-state index is 10.3. The molecule has 0 saturated carbocycles. The summed E-state index contributed by atoms with van der Waals surface area (Å²) in [6, 6.07) is 0. The van der Waals surface area contributed by atoms with Crippen molar-refractivity contribution >= 4 is 20.0 Å². The molecule has 0 heterocycles. The quantitative estimate of drug-likeness (QED) is 0.0730. The molecule has 214 valence electrons. The minimum atomic E-state index is -2.41. The highest BCUT2D eigenvalue weighted by Crippen LogP contribution is 2.16. The molecule has 0 saturated heterocycles. The van der Waals surface area contributed by atoms with Crippen LogP contribution >= 0.6 is 20.0 Å². The highest BCUT2D eigenvalue weighted by molar-refractivity contribution is 7.99. The SMILES string of the molecule is CC(O)C[N+](C)(C)C.CCCCCCCCCCCCCCCCCCSCCCO[P+](=O)O.[OH-]. The van der Waals surface area contributed by atoms with E-state index in [1.54, 1.807) is 0 Å². The second-order valence-corrected chi connectivity index (χ2v) is 12.6. The van der Waals surface area contributed by atoms with E-state index in [1.165, 1.54) is 108 Å². The van der Waals surface area contributed by atoms with Gasteiger partial charge in [0.05, 0.1) is 21.1 Å². The van der Waals surface area contributed by atoms with Gasteiger partial charge in [0, 0.05) is 4.57 Å². The third-order valence-electron chi connectivity index (χ3n) is 5.59. The summed E-state index contributed by atoms with van der Waals surface area (Å²) >= 11 is 1.93. The Morgan fingerprint density at radius 2 is 1.11 bits per heavy atom. The van der Waals surface area contributed by atoms with E-state index in [1.807, 2.05) is 18.7 Å². The van der Waals surface area contributed by atoms with Gasteiger partial charge in [-0.1, -0.05) is 103 Å². The summed E-state index contributed by atoms with van der Waals surface area (Å²) < 4.78 is 15.8. The van der Waals surface area contributed by atoms with Gasteiger partial charge in [0.25, 0.3) is 0 Å². The van der Waals surface area contributed by atoms with E-state index < -0.39 is 8.25 Å². The van der Waals surface area contributed by atoms with Crippen LogP contribution in [0.25, 0.3) is 0 Å². The summed E-state index contributed by atoms with van der Waals surface area (Å²) in [6.07, 6.45) is 23.3. The number of rotatable bonds is 24. The Morgan fingerprint density at radius 3 is 1.43 bits per heavy atom. The minimum Gasteiger partial charge on any atom is -0.870 e. The normalized spacial score (nSPS) is 12.5. The van der Waals surface area contributed by atoms with Crippen molar-refractivity contribution in [2.75, 3.05) is 45.8 Å². The van der Waals surface area contributed by atoms with Crippen molar-refractivity contribution in [2.24, 2.45) is 0 Å². The molecule has 35 heavy (non-hydrogen) atoms. The zero-order valence-electron chi connectivity index (χ0n) is 23.9. The van der Waals surface area contributed by atoms with Crippen molar-refractivity contribution in [1.29, 1.82) is 0 Å². The van der Waals surface area contributed by atoms with Gasteiger partial charge in [0.2, 0.25) is 0 Å². The Morgan fingerprint density at radius 1 is 0.743 bits per heavy atom. The van der Waals surface area contributed by atoms with Crippen LogP contribution in [0.1, 0.15) is 123 Å². The molecule has 0 radical (unpaired) electrons. The molecule has 3 N–H and O–H groups in total. The van der Waals surface area contributed by atoms with Crippen LogP contribution in [-0.4, -0.2) is 71.9 Å². The first kappa shape index (κ1) is 39.8. The number of nitrogens with zero attached hydrogens (tertiary/aromatic N) is 1. The second-order valence-electron chi connectivity index (χ2n) is 10.7. The van der Waals surface area contributed by atoms with Gasteiger partial charge >= 0.3 is 8.25 Å². The van der Waals surface area contributed by atoms with Crippen LogP contribution in [0.15, 0.2) is 0 Å². The number of hydrogen-bond donors (Lipinski definition) is 2. The number of thioether (sulfide) groups is 1. The monoisotopic (exact) mass is 542 g/mol. The lowest BCUT2D eigenvalue weighted by Crippen LogP contribution is -2.40. The number of aliphatic hydroxyl groups is 1. The summed E-state index contributed by atoms with van der Waals surface area (Å²) in [5, 5.41) is 8.87. The number of hydrogen-bond acceptors (Lipinski definition) is 5. The molecule has 0 aliphatic heterocycles. The van der Waals surface area contributed by atoms with Gasteiger partial charge in [-0.2, -0.15) is 11.8 Å². The Labute approximate surface area is 223 Å². The maximum absolute atomic E-state index is 10.3. The molecule has 0 aliphatic rings. The van der Waals surface area contributed by atoms with Crippen molar-refractivity contribution < 1.29 is 29.0 Å². The molecule has 0 aromatic carbocycles. The van der Waals surface area contributed by atoms with E-state index in [-0.39, 0.29) is 11.6 Å². The lowest BCUT2D eigenvalue weighted by Gasteiger charge is -2.24. The van der Waals surface area contributed by atoms with Crippen LogP contribution < -0.4 is 0 Å². The van der Waals surface area contributed by atoms with E-state index >= 15 is 0 Å². The van der Waals surface area contributed by atoms with Crippen molar-refractivity contribution in [2.45, 2.75) is 129 Å². The predicted molar refractivity (Wildman–Crippen MR) is 154 cm³/mol. The molecular formula is C27H61NO5PS+. The summed E-state index contributed by atoms with van der Waals surface area (Å²) in [4.78, 5) is 8.49. The molecule has 6 nitrogen and oxygen atoms in total. The summed E-state index contributed by atoms with van der Waals surface area (Å²) in [7, 11) is 3.78. The summed E-state index contributed by atoms with van der Waals surface area (Å²) in [5.74, 6) is 2.24. The van der Waals surface area contributed by atoms with Gasteiger partial charge in [-0.15, -0.1) is 9.42 Å². The fourth-order valence-corrected chi connectivity index (χ4v) is 5.17. The third kappa shape index (κ3) is 44.6. The highest BCUT2D eigenvalue weighted by Gasteiger charge is 2.10. The zero-order valence-corrected chi connectivity index (χ0v) is 25.6. The molecule has 0 rings (SSSR count). The molecule has 0 spiro atoms. The summed E-state index contributed by atoms with van der Waals surface area (Å²) in [5.41, 5.74) is 0. The Kier molecular flexibility index (Phi) is 34.6. The topological polar surface area (TPSA) is 96.8 Å². The van der Waals surface area contributed by atoms with Crippen LogP contribution in [0.2, 0.25) is 0 Å². The third-order valence-corrected chi connectivity index (χ3v) is 7.15. The van der Waals surface area contributed by atoms with E-state index in [9.17, 15) is 4.57 Å². The Balaban J connectivity index is -0.000000972. The van der Waals surface area contributed by atoms with Gasteiger partial charge in [0.15, 0.2) is 0 Å². The molecular weight excluding hydrogens is 481 g/mol. The van der Waals surface area contributed by atoms with Gasteiger partial charge in [0.1, 0.15) is 19.3 Å². The zero-order chi connectivity index (χ0) is 25.9. The molecule has 2 atom stereocenters. The molecule has 0 amide bonds. The average molecular weight is 543 g/mol. The fourth-order valence-electron chi connectivity index (χ4n) is 3.95. The van der Waals surface area contributed by atoms with Gasteiger partial charge in [-0.05, 0) is 31.3 Å². The van der Waals surface area contributed by atoms with Crippen molar-refractivity contribution in [3.8, 4) is 0 Å². The van der Waals surface area contributed by atoms with Crippen molar-refractivity contribution in [3.63, 3.8) is 0 Å². The van der Waals surface area contributed by atoms with Crippen LogP contribution in [0, 0.1) is 0 Å². The van der Waals surface area contributed by atoms with Crippen LogP contribution in [0.5, 0.6) is 0 Å². The van der Waals surface area contributed by atoms with Gasteiger partial charge < -0.3 is 15.1 Å². The van der Waals surface area contributed by atoms with Crippen LogP contribution in [0.4, 0.5) is 0 Å². The average Bonchev–Trinajstić information content (AvgIpc) is 2.73. The number of quaternary nitrogens is 1. The Hall–Kier alpha value is 0.250. The predicted octanol–water partition coefficient (Wildman–Crippen LogP) is 7.93. The van der Waals surface area contributed by atoms with Crippen LogP contribution in [-0.2, 0) is 9.09 Å². The lowest BCUT2D eigenvalue weighted by atomic mass is 10.0. The smallest absolute Gasteiger partial charge is 0.694 e. The van der Waals surface area contributed by atoms with E-state index in [0.717, 1.165) is 23.2 Å². The maximum Gasteiger partial charge on any atom is 0.694 e. The number of unbranched alkanes of at least 4 members (excludes halogenated alkanes) is 15. The molecule has 0 aliphatic carbocycles. The standard InChI is InChI=1S/C21H43O3PS.C6H16NO.H2O/c1-2-3-4-5-6-7-8-9-10-11-12-13-14-15-16-17-20-26-21-18-19-24-25(22)23;1-6(8)5-7(2,3)4;/h2-21H2,1H3;6,8H,5H2,1-4H3;1H2/q;+1;. The first-order valence-electron chi connectivity index (χ1n) is 14.0. The van der Waals surface area contributed by atoms with Crippen LogP contribution in [0.3, 0.4) is 0 Å². The molecule has 0 aromatic heterocycles. The minimum absolute atomic E-state index is 0. The first-order valence-corrected chi connectivity index (χ1v) is 16.3. The van der Waals surface area contributed by atoms with Crippen molar-refractivity contribution in [1.82, 2.24) is 0 Å². The summed E-state index contributed by atoms with van der Waals surface area (Å²) in [6.45, 7) is 5.31. The van der Waals surface area contributed by atoms with Gasteiger partial charge in [-0.3, -0.25) is 0 Å². The van der Waals surface area contributed by atoms with Crippen molar-refractivity contribution in [3.05, 3.63) is 0 Å². The number of aliphatic hydroxyl groups excluding tert-OH is 1. The number of likely N-dealkylation sites (N-methyl/N-ethyl adjacent to an activating group) is 1. The van der Waals surface area contributed by atoms with Gasteiger partial charge in [-0.25, -0.2) is 0 Å². The van der Waals surface area contributed by atoms with E-state index in [4.69, 9.17) is 10.00 Å². The molecule has 0 aromatic rings. The van der Waals surface area contributed by atoms with E-state index in [2.05, 4.69) is 32.6 Å². The molecule has 0 fully saturated rings. The highest BCUT2D eigenvalue weighted by atomic mass is 32.2. The Bertz CT molecular complexity index is 423. The molecule has 8 heteroatoms.